The summed E-state index contributed by atoms with van der Waals surface area (Å²) >= 11 is 0. The fraction of sp³-hybridized carbons (Fsp3) is 0.556. The van der Waals surface area contributed by atoms with Gasteiger partial charge in [0.1, 0.15) is 19.0 Å². The van der Waals surface area contributed by atoms with Crippen molar-refractivity contribution >= 4 is 0 Å². The van der Waals surface area contributed by atoms with Crippen LogP contribution in [0.2, 0.25) is 0 Å². The van der Waals surface area contributed by atoms with Gasteiger partial charge < -0.3 is 9.72 Å². The average Bonchev–Trinajstić information content (AvgIpc) is 2.15. The van der Waals surface area contributed by atoms with Crippen LogP contribution in [0.1, 0.15) is 11.5 Å². The van der Waals surface area contributed by atoms with Gasteiger partial charge in [-0.15, -0.1) is 0 Å². The molecule has 0 atom stereocenters. The fourth-order valence-electron chi connectivity index (χ4n) is 1.06. The van der Waals surface area contributed by atoms with Crippen LogP contribution in [-0.2, 0) is 11.3 Å². The second kappa shape index (κ2) is 5.26. The molecule has 4 nitrogen and oxygen atoms in total. The van der Waals surface area contributed by atoms with E-state index in [1.807, 2.05) is 0 Å². The highest BCUT2D eigenvalue weighted by Gasteiger charge is 2.40. The number of hydrogen-bond donors (Lipinski definition) is 1. The Morgan fingerprint density at radius 3 is 2.71 bits per heavy atom. The number of nitrogens with one attached hydrogen (secondary N) is 1. The molecule has 96 valence electrons. The number of ether oxygens (including phenoxy) is 1. The summed E-state index contributed by atoms with van der Waals surface area (Å²) in [6, 6.07) is 1.21. The monoisotopic (exact) mass is 254 g/mol. The molecule has 0 aliphatic rings. The first-order valence-electron chi connectivity index (χ1n) is 4.62. The number of nitrogens with zero attached hydrogens (tertiary/aromatic N) is 1. The predicted molar refractivity (Wildman–Crippen MR) is 50.2 cm³/mol. The van der Waals surface area contributed by atoms with Gasteiger partial charge in [-0.1, -0.05) is 0 Å². The van der Waals surface area contributed by atoms with Crippen molar-refractivity contribution < 1.29 is 22.3 Å². The standard InChI is InChI=1S/C9H10F4N2O2/c1-5-2-7(16)15-6(14-5)3-17-4-9(12,13)8(10)11/h2,8H,3-4H2,1H3,(H,14,15,16). The summed E-state index contributed by atoms with van der Waals surface area (Å²) in [6.45, 7) is -0.353. The fourth-order valence-corrected chi connectivity index (χ4v) is 1.06. The van der Waals surface area contributed by atoms with E-state index in [2.05, 4.69) is 14.7 Å². The summed E-state index contributed by atoms with van der Waals surface area (Å²) in [6.07, 6.45) is -3.79. The van der Waals surface area contributed by atoms with Crippen LogP contribution in [0.5, 0.6) is 0 Å². The molecule has 0 aliphatic heterocycles. The summed E-state index contributed by atoms with van der Waals surface area (Å²) in [7, 11) is 0. The Balaban J connectivity index is 2.54. The molecule has 0 fully saturated rings. The van der Waals surface area contributed by atoms with E-state index in [9.17, 15) is 22.4 Å². The van der Waals surface area contributed by atoms with Gasteiger partial charge in [-0.3, -0.25) is 4.79 Å². The first kappa shape index (κ1) is 13.6. The molecule has 1 heterocycles. The van der Waals surface area contributed by atoms with Gasteiger partial charge in [0.2, 0.25) is 0 Å². The van der Waals surface area contributed by atoms with Crippen LogP contribution in [0.4, 0.5) is 17.6 Å². The molecule has 1 N–H and O–H groups in total. The van der Waals surface area contributed by atoms with E-state index in [0.717, 1.165) is 0 Å². The van der Waals surface area contributed by atoms with E-state index in [1.165, 1.54) is 13.0 Å². The minimum Gasteiger partial charge on any atom is -0.367 e. The maximum Gasteiger partial charge on any atom is 0.330 e. The Hall–Kier alpha value is -1.44. The molecule has 17 heavy (non-hydrogen) atoms. The zero-order valence-electron chi connectivity index (χ0n) is 8.84. The molecule has 0 unspecified atom stereocenters. The summed E-state index contributed by atoms with van der Waals surface area (Å²) in [5.74, 6) is -4.19. The largest absolute Gasteiger partial charge is 0.367 e. The molecule has 8 heteroatoms. The second-order valence-corrected chi connectivity index (χ2v) is 3.39. The van der Waals surface area contributed by atoms with E-state index < -0.39 is 31.1 Å². The highest BCUT2D eigenvalue weighted by Crippen LogP contribution is 2.22. The lowest BCUT2D eigenvalue weighted by Gasteiger charge is -2.14. The number of H-pyrrole nitrogens is 1. The van der Waals surface area contributed by atoms with E-state index >= 15 is 0 Å². The van der Waals surface area contributed by atoms with Crippen molar-refractivity contribution in [3.05, 3.63) is 27.9 Å². The molecule has 0 amide bonds. The number of aryl methyl sites for hydroxylation is 1. The van der Waals surface area contributed by atoms with Crippen LogP contribution in [0.15, 0.2) is 10.9 Å². The first-order chi connectivity index (χ1) is 7.81. The SMILES string of the molecule is Cc1cc(=O)[nH]c(COCC(F)(F)C(F)F)n1. The van der Waals surface area contributed by atoms with Crippen LogP contribution in [0.25, 0.3) is 0 Å². The highest BCUT2D eigenvalue weighted by atomic mass is 19.3. The van der Waals surface area contributed by atoms with Gasteiger partial charge in [-0.05, 0) is 6.92 Å². The molecule has 0 spiro atoms. The topological polar surface area (TPSA) is 55.0 Å². The molecule has 0 aromatic carbocycles. The Labute approximate surface area is 93.6 Å². The van der Waals surface area contributed by atoms with Gasteiger partial charge in [0.05, 0.1) is 0 Å². The summed E-state index contributed by atoms with van der Waals surface area (Å²) < 4.78 is 52.8. The van der Waals surface area contributed by atoms with Gasteiger partial charge in [0.15, 0.2) is 0 Å². The van der Waals surface area contributed by atoms with E-state index in [-0.39, 0.29) is 5.82 Å². The van der Waals surface area contributed by atoms with E-state index in [1.54, 1.807) is 0 Å². The molecule has 1 rings (SSSR count). The number of rotatable bonds is 5. The molecule has 1 aromatic rings. The summed E-state index contributed by atoms with van der Waals surface area (Å²) in [4.78, 5) is 17.0. The lowest BCUT2D eigenvalue weighted by molar-refractivity contribution is -0.168. The number of aromatic nitrogens is 2. The molecular formula is C9H10F4N2O2. The Bertz CT molecular complexity index is 433. The zero-order valence-corrected chi connectivity index (χ0v) is 8.84. The summed E-state index contributed by atoms with van der Waals surface area (Å²) in [5, 5.41) is 0. The van der Waals surface area contributed by atoms with Crippen LogP contribution in [0, 0.1) is 6.92 Å². The van der Waals surface area contributed by atoms with Crippen LogP contribution in [-0.4, -0.2) is 28.9 Å². The number of alkyl halides is 4. The van der Waals surface area contributed by atoms with Gasteiger partial charge in [-0.2, -0.15) is 8.78 Å². The number of aromatic amines is 1. The third-order valence-corrected chi connectivity index (χ3v) is 1.77. The van der Waals surface area contributed by atoms with Crippen molar-refractivity contribution in [2.75, 3.05) is 6.61 Å². The van der Waals surface area contributed by atoms with Crippen molar-refractivity contribution in [1.82, 2.24) is 9.97 Å². The van der Waals surface area contributed by atoms with Gasteiger partial charge >= 0.3 is 12.3 Å². The predicted octanol–water partition coefficient (Wildman–Crippen LogP) is 1.50. The average molecular weight is 254 g/mol. The van der Waals surface area contributed by atoms with Crippen LogP contribution in [0.3, 0.4) is 0 Å². The Kier molecular flexibility index (Phi) is 4.22. The normalized spacial score (nSPS) is 12.1. The number of halogens is 4. The third-order valence-electron chi connectivity index (χ3n) is 1.77. The zero-order chi connectivity index (χ0) is 13.1. The third kappa shape index (κ3) is 4.14. The Morgan fingerprint density at radius 1 is 1.53 bits per heavy atom. The minimum atomic E-state index is -4.20. The molecular weight excluding hydrogens is 244 g/mol. The van der Waals surface area contributed by atoms with Crippen molar-refractivity contribution in [1.29, 1.82) is 0 Å². The molecule has 0 aliphatic carbocycles. The van der Waals surface area contributed by atoms with E-state index in [0.29, 0.717) is 5.69 Å². The molecule has 0 bridgehead atoms. The highest BCUT2D eigenvalue weighted by molar-refractivity contribution is 4.99. The van der Waals surface area contributed by atoms with Gasteiger partial charge in [0.25, 0.3) is 5.56 Å². The maximum absolute atomic E-state index is 12.4. The molecule has 1 aromatic heterocycles. The smallest absolute Gasteiger partial charge is 0.330 e. The van der Waals surface area contributed by atoms with Crippen LogP contribution < -0.4 is 5.56 Å². The minimum absolute atomic E-state index is 0.0140. The van der Waals surface area contributed by atoms with Crippen molar-refractivity contribution in [2.45, 2.75) is 25.9 Å². The maximum atomic E-state index is 12.4. The molecule has 0 radical (unpaired) electrons. The quantitative estimate of drug-likeness (QED) is 0.810. The van der Waals surface area contributed by atoms with Gasteiger partial charge in [-0.25, -0.2) is 13.8 Å². The molecule has 0 saturated heterocycles. The van der Waals surface area contributed by atoms with E-state index in [4.69, 9.17) is 0 Å². The van der Waals surface area contributed by atoms with Crippen molar-refractivity contribution in [3.63, 3.8) is 0 Å². The van der Waals surface area contributed by atoms with Crippen molar-refractivity contribution in [3.8, 4) is 0 Å². The number of hydrogen-bond acceptors (Lipinski definition) is 3. The van der Waals surface area contributed by atoms with Crippen molar-refractivity contribution in [2.24, 2.45) is 0 Å². The summed E-state index contributed by atoms with van der Waals surface area (Å²) in [5.41, 5.74) is -0.0790. The molecule has 0 saturated carbocycles. The second-order valence-electron chi connectivity index (χ2n) is 3.39. The Morgan fingerprint density at radius 2 is 2.18 bits per heavy atom. The van der Waals surface area contributed by atoms with Crippen LogP contribution >= 0.6 is 0 Å². The lowest BCUT2D eigenvalue weighted by Crippen LogP contribution is -2.32. The lowest BCUT2D eigenvalue weighted by atomic mass is 10.4. The van der Waals surface area contributed by atoms with Gasteiger partial charge in [0, 0.05) is 11.8 Å². The first-order valence-corrected chi connectivity index (χ1v) is 4.62.